The van der Waals surface area contributed by atoms with Crippen LogP contribution in [0.5, 0.6) is 0 Å². The predicted molar refractivity (Wildman–Crippen MR) is 81.5 cm³/mol. The molecular formula is C17H30N2O. The smallest absolute Gasteiger partial charge is 0.228 e. The van der Waals surface area contributed by atoms with E-state index in [0.717, 1.165) is 44.2 Å². The zero-order chi connectivity index (χ0) is 14.0. The second kappa shape index (κ2) is 6.05. The van der Waals surface area contributed by atoms with Crippen LogP contribution in [0.3, 0.4) is 0 Å². The van der Waals surface area contributed by atoms with Gasteiger partial charge in [0.1, 0.15) is 0 Å². The van der Waals surface area contributed by atoms with Crippen LogP contribution in [0.15, 0.2) is 0 Å². The summed E-state index contributed by atoms with van der Waals surface area (Å²) >= 11 is 0. The summed E-state index contributed by atoms with van der Waals surface area (Å²) in [6.07, 6.45) is 9.63. The lowest BCUT2D eigenvalue weighted by molar-refractivity contribution is -0.143. The van der Waals surface area contributed by atoms with E-state index in [9.17, 15) is 4.79 Å². The van der Waals surface area contributed by atoms with E-state index in [4.69, 9.17) is 0 Å². The molecule has 114 valence electrons. The molecule has 0 aromatic rings. The van der Waals surface area contributed by atoms with E-state index < -0.39 is 0 Å². The van der Waals surface area contributed by atoms with Crippen molar-refractivity contribution in [3.05, 3.63) is 0 Å². The number of amides is 1. The van der Waals surface area contributed by atoms with Gasteiger partial charge in [-0.25, -0.2) is 0 Å². The number of rotatable bonds is 3. The van der Waals surface area contributed by atoms with E-state index in [2.05, 4.69) is 17.1 Å². The van der Waals surface area contributed by atoms with Crippen LogP contribution in [0.2, 0.25) is 0 Å². The maximum Gasteiger partial charge on any atom is 0.228 e. The lowest BCUT2D eigenvalue weighted by Gasteiger charge is -2.39. The third kappa shape index (κ3) is 2.61. The summed E-state index contributed by atoms with van der Waals surface area (Å²) in [5.74, 6) is 2.22. The Morgan fingerprint density at radius 2 is 1.85 bits per heavy atom. The molecule has 3 rings (SSSR count). The van der Waals surface area contributed by atoms with Crippen molar-refractivity contribution in [1.29, 1.82) is 0 Å². The summed E-state index contributed by atoms with van der Waals surface area (Å²) in [6, 6.07) is 0. The third-order valence-corrected chi connectivity index (χ3v) is 6.28. The molecule has 3 nitrogen and oxygen atoms in total. The number of nitrogens with one attached hydrogen (secondary N) is 1. The van der Waals surface area contributed by atoms with E-state index in [1.54, 1.807) is 0 Å². The van der Waals surface area contributed by atoms with Gasteiger partial charge in [0.05, 0.1) is 0 Å². The third-order valence-electron chi connectivity index (χ3n) is 6.28. The van der Waals surface area contributed by atoms with Gasteiger partial charge in [-0.05, 0) is 63.5 Å². The molecule has 3 aliphatic rings. The first-order chi connectivity index (χ1) is 9.75. The molecule has 1 atom stereocenters. The number of carbonyl (C=O) groups is 1. The molecule has 1 N–H and O–H groups in total. The van der Waals surface area contributed by atoms with Crippen LogP contribution in [-0.4, -0.2) is 37.0 Å². The van der Waals surface area contributed by atoms with E-state index in [-0.39, 0.29) is 5.41 Å². The minimum Gasteiger partial charge on any atom is -0.342 e. The Morgan fingerprint density at radius 3 is 2.40 bits per heavy atom. The average molecular weight is 278 g/mol. The molecule has 1 saturated carbocycles. The minimum atomic E-state index is 0.0156. The van der Waals surface area contributed by atoms with Gasteiger partial charge in [-0.1, -0.05) is 19.8 Å². The number of hydrogen-bond acceptors (Lipinski definition) is 2. The highest BCUT2D eigenvalue weighted by Crippen LogP contribution is 2.43. The Kier molecular flexibility index (Phi) is 4.34. The molecule has 2 heterocycles. The maximum absolute atomic E-state index is 12.9. The highest BCUT2D eigenvalue weighted by atomic mass is 16.2. The lowest BCUT2D eigenvalue weighted by atomic mass is 9.79. The fourth-order valence-corrected chi connectivity index (χ4v) is 4.76. The van der Waals surface area contributed by atoms with Gasteiger partial charge < -0.3 is 10.2 Å². The molecule has 0 aromatic carbocycles. The van der Waals surface area contributed by atoms with Crippen molar-refractivity contribution in [3.8, 4) is 0 Å². The number of nitrogens with zero attached hydrogens (tertiary/aromatic N) is 1. The summed E-state index contributed by atoms with van der Waals surface area (Å²) in [4.78, 5) is 15.1. The fraction of sp³-hybridized carbons (Fsp3) is 0.941. The Bertz CT molecular complexity index is 335. The summed E-state index contributed by atoms with van der Waals surface area (Å²) in [5.41, 5.74) is 0.0156. The molecule has 1 amide bonds. The van der Waals surface area contributed by atoms with E-state index >= 15 is 0 Å². The molecule has 2 saturated heterocycles. The number of likely N-dealkylation sites (tertiary alicyclic amines) is 1. The van der Waals surface area contributed by atoms with Gasteiger partial charge in [0, 0.05) is 18.5 Å². The predicted octanol–water partition coefficient (Wildman–Crippen LogP) is 2.80. The molecule has 1 aliphatic carbocycles. The van der Waals surface area contributed by atoms with Gasteiger partial charge >= 0.3 is 0 Å². The van der Waals surface area contributed by atoms with Gasteiger partial charge in [0.25, 0.3) is 0 Å². The van der Waals surface area contributed by atoms with Gasteiger partial charge in [0.15, 0.2) is 0 Å². The Balaban J connectivity index is 1.56. The molecular weight excluding hydrogens is 248 g/mol. The Hall–Kier alpha value is -0.570. The Morgan fingerprint density at radius 1 is 1.15 bits per heavy atom. The summed E-state index contributed by atoms with van der Waals surface area (Å²) in [5, 5.41) is 3.48. The molecule has 0 radical (unpaired) electrons. The number of carbonyl (C=O) groups excluding carboxylic acids is 1. The summed E-state index contributed by atoms with van der Waals surface area (Å²) in [6.45, 7) is 6.64. The summed E-state index contributed by atoms with van der Waals surface area (Å²) in [7, 11) is 0. The van der Waals surface area contributed by atoms with Crippen LogP contribution in [0.4, 0.5) is 0 Å². The molecule has 0 bridgehead atoms. The van der Waals surface area contributed by atoms with Crippen molar-refractivity contribution in [2.75, 3.05) is 26.2 Å². The number of piperidine rings is 1. The monoisotopic (exact) mass is 278 g/mol. The van der Waals surface area contributed by atoms with Crippen molar-refractivity contribution in [2.45, 2.75) is 58.3 Å². The fourth-order valence-electron chi connectivity index (χ4n) is 4.76. The van der Waals surface area contributed by atoms with E-state index in [0.29, 0.717) is 5.91 Å². The van der Waals surface area contributed by atoms with Crippen molar-refractivity contribution in [1.82, 2.24) is 10.2 Å². The highest BCUT2D eigenvalue weighted by Gasteiger charge is 2.42. The second-order valence-electron chi connectivity index (χ2n) is 7.22. The second-order valence-corrected chi connectivity index (χ2v) is 7.22. The topological polar surface area (TPSA) is 32.3 Å². The van der Waals surface area contributed by atoms with Gasteiger partial charge in [0.2, 0.25) is 5.91 Å². The molecule has 20 heavy (non-hydrogen) atoms. The van der Waals surface area contributed by atoms with Crippen LogP contribution in [0.25, 0.3) is 0 Å². The van der Waals surface area contributed by atoms with Gasteiger partial charge in [-0.3, -0.25) is 4.79 Å². The van der Waals surface area contributed by atoms with Crippen LogP contribution < -0.4 is 5.32 Å². The van der Waals surface area contributed by atoms with Crippen molar-refractivity contribution < 1.29 is 4.79 Å². The first kappa shape index (κ1) is 14.4. The largest absolute Gasteiger partial charge is 0.342 e. The molecule has 0 aromatic heterocycles. The van der Waals surface area contributed by atoms with Gasteiger partial charge in [-0.15, -0.1) is 0 Å². The zero-order valence-electron chi connectivity index (χ0n) is 13.0. The van der Waals surface area contributed by atoms with Crippen LogP contribution in [0.1, 0.15) is 58.3 Å². The SMILES string of the molecule is CCC1(C(=O)N2CCC(C3CCNC3)CC2)CCCC1. The lowest BCUT2D eigenvalue weighted by Crippen LogP contribution is -2.47. The number of hydrogen-bond donors (Lipinski definition) is 1. The molecule has 3 fully saturated rings. The molecule has 0 spiro atoms. The first-order valence-electron chi connectivity index (χ1n) is 8.75. The minimum absolute atomic E-state index is 0.0156. The normalized spacial score (nSPS) is 30.9. The van der Waals surface area contributed by atoms with Crippen molar-refractivity contribution >= 4 is 5.91 Å². The van der Waals surface area contributed by atoms with Crippen LogP contribution in [-0.2, 0) is 4.79 Å². The maximum atomic E-state index is 12.9. The van der Waals surface area contributed by atoms with Crippen molar-refractivity contribution in [3.63, 3.8) is 0 Å². The Labute approximate surface area is 123 Å². The zero-order valence-corrected chi connectivity index (χ0v) is 13.0. The van der Waals surface area contributed by atoms with Crippen molar-refractivity contribution in [2.24, 2.45) is 17.3 Å². The van der Waals surface area contributed by atoms with Crippen LogP contribution in [0, 0.1) is 17.3 Å². The quantitative estimate of drug-likeness (QED) is 0.861. The summed E-state index contributed by atoms with van der Waals surface area (Å²) < 4.78 is 0. The standard InChI is InChI=1S/C17H30N2O/c1-2-17(8-3-4-9-17)16(20)19-11-6-14(7-12-19)15-5-10-18-13-15/h14-15,18H,2-13H2,1H3. The molecule has 2 aliphatic heterocycles. The molecule has 1 unspecified atom stereocenters. The highest BCUT2D eigenvalue weighted by molar-refractivity contribution is 5.83. The van der Waals surface area contributed by atoms with E-state index in [1.165, 1.54) is 45.2 Å². The van der Waals surface area contributed by atoms with E-state index in [1.807, 2.05) is 0 Å². The molecule has 3 heteroatoms. The van der Waals surface area contributed by atoms with Gasteiger partial charge in [-0.2, -0.15) is 0 Å². The first-order valence-corrected chi connectivity index (χ1v) is 8.75. The average Bonchev–Trinajstić information content (AvgIpc) is 3.18. The van der Waals surface area contributed by atoms with Crippen LogP contribution >= 0.6 is 0 Å².